The summed E-state index contributed by atoms with van der Waals surface area (Å²) in [6, 6.07) is 11.2. The number of benzene rings is 2. The fourth-order valence-corrected chi connectivity index (χ4v) is 2.60. The standard InChI is InChI=1S/C17H14BrFN4O2/c1-25-12-5-2-10(3-6-12)16-21-15(22-23-16)9-20-17(24)13-8-11(19)4-7-14(13)18/h2-8H,9H2,1H3,(H,20,24)(H,21,22,23). The van der Waals surface area contributed by atoms with Crippen molar-refractivity contribution in [1.82, 2.24) is 20.5 Å². The van der Waals surface area contributed by atoms with Gasteiger partial charge in [0.1, 0.15) is 17.4 Å². The zero-order valence-corrected chi connectivity index (χ0v) is 14.8. The molecule has 0 spiro atoms. The maximum atomic E-state index is 13.3. The van der Waals surface area contributed by atoms with Gasteiger partial charge in [-0.2, -0.15) is 5.10 Å². The second-order valence-electron chi connectivity index (χ2n) is 5.14. The van der Waals surface area contributed by atoms with E-state index >= 15 is 0 Å². The van der Waals surface area contributed by atoms with Gasteiger partial charge < -0.3 is 10.1 Å². The van der Waals surface area contributed by atoms with Crippen LogP contribution in [-0.2, 0) is 6.54 Å². The fourth-order valence-electron chi connectivity index (χ4n) is 2.17. The molecule has 1 heterocycles. The van der Waals surface area contributed by atoms with Crippen molar-refractivity contribution in [1.29, 1.82) is 0 Å². The Bertz CT molecular complexity index is 896. The molecular formula is C17H14BrFN4O2. The van der Waals surface area contributed by atoms with Crippen molar-refractivity contribution in [2.45, 2.75) is 6.54 Å². The molecule has 1 amide bonds. The number of hydrogen-bond donors (Lipinski definition) is 2. The second-order valence-corrected chi connectivity index (χ2v) is 6.00. The number of nitrogens with one attached hydrogen (secondary N) is 2. The smallest absolute Gasteiger partial charge is 0.252 e. The zero-order chi connectivity index (χ0) is 17.8. The Morgan fingerprint density at radius 1 is 1.28 bits per heavy atom. The molecule has 0 radical (unpaired) electrons. The summed E-state index contributed by atoms with van der Waals surface area (Å²) in [5.74, 6) is 0.863. The van der Waals surface area contributed by atoms with Crippen molar-refractivity contribution in [3.8, 4) is 17.1 Å². The van der Waals surface area contributed by atoms with Crippen LogP contribution in [0.3, 0.4) is 0 Å². The highest BCUT2D eigenvalue weighted by Gasteiger charge is 2.12. The van der Waals surface area contributed by atoms with Gasteiger partial charge >= 0.3 is 0 Å². The van der Waals surface area contributed by atoms with Gasteiger partial charge in [0.15, 0.2) is 5.82 Å². The van der Waals surface area contributed by atoms with Crippen LogP contribution < -0.4 is 10.1 Å². The average molecular weight is 405 g/mol. The number of H-pyrrole nitrogens is 1. The van der Waals surface area contributed by atoms with Gasteiger partial charge in [-0.15, -0.1) is 0 Å². The summed E-state index contributed by atoms with van der Waals surface area (Å²) in [7, 11) is 1.60. The number of carbonyl (C=O) groups is 1. The third kappa shape index (κ3) is 4.03. The first-order valence-corrected chi connectivity index (χ1v) is 8.15. The SMILES string of the molecule is COc1ccc(-c2n[nH]c(CNC(=O)c3cc(F)ccc3Br)n2)cc1. The molecule has 1 aromatic heterocycles. The first kappa shape index (κ1) is 17.1. The molecule has 0 atom stereocenters. The lowest BCUT2D eigenvalue weighted by Crippen LogP contribution is -2.24. The number of amides is 1. The number of aromatic nitrogens is 3. The summed E-state index contributed by atoms with van der Waals surface area (Å²) in [5.41, 5.74) is 1.04. The highest BCUT2D eigenvalue weighted by atomic mass is 79.9. The van der Waals surface area contributed by atoms with E-state index in [2.05, 4.69) is 36.4 Å². The Morgan fingerprint density at radius 3 is 2.76 bits per heavy atom. The van der Waals surface area contributed by atoms with Crippen molar-refractivity contribution >= 4 is 21.8 Å². The number of carbonyl (C=O) groups excluding carboxylic acids is 1. The summed E-state index contributed by atoms with van der Waals surface area (Å²) in [6.07, 6.45) is 0. The Kier molecular flexibility index (Phi) is 5.08. The lowest BCUT2D eigenvalue weighted by Gasteiger charge is -2.05. The third-order valence-corrected chi connectivity index (χ3v) is 4.16. The monoisotopic (exact) mass is 404 g/mol. The van der Waals surface area contributed by atoms with Gasteiger partial charge in [-0.05, 0) is 58.4 Å². The Morgan fingerprint density at radius 2 is 2.04 bits per heavy atom. The molecule has 0 aliphatic heterocycles. The maximum absolute atomic E-state index is 13.3. The van der Waals surface area contributed by atoms with Crippen LogP contribution in [0, 0.1) is 5.82 Å². The van der Waals surface area contributed by atoms with Crippen molar-refractivity contribution in [2.24, 2.45) is 0 Å². The molecular weight excluding hydrogens is 391 g/mol. The van der Waals surface area contributed by atoms with E-state index in [1.165, 1.54) is 18.2 Å². The molecule has 3 rings (SSSR count). The maximum Gasteiger partial charge on any atom is 0.252 e. The topological polar surface area (TPSA) is 79.9 Å². The summed E-state index contributed by atoms with van der Waals surface area (Å²) in [5, 5.41) is 9.58. The van der Waals surface area contributed by atoms with Crippen molar-refractivity contribution in [3.05, 3.63) is 64.1 Å². The number of methoxy groups -OCH3 is 1. The average Bonchev–Trinajstić information content (AvgIpc) is 3.11. The second kappa shape index (κ2) is 7.43. The predicted octanol–water partition coefficient (Wildman–Crippen LogP) is 3.31. The molecule has 2 aromatic carbocycles. The molecule has 25 heavy (non-hydrogen) atoms. The summed E-state index contributed by atoms with van der Waals surface area (Å²) in [6.45, 7) is 0.144. The van der Waals surface area contributed by atoms with E-state index < -0.39 is 11.7 Å². The van der Waals surface area contributed by atoms with Gasteiger partial charge in [-0.25, -0.2) is 9.37 Å². The molecule has 3 aromatic rings. The Balaban J connectivity index is 1.67. The number of halogens is 2. The fraction of sp³-hybridized carbons (Fsp3) is 0.118. The molecule has 0 saturated carbocycles. The van der Waals surface area contributed by atoms with E-state index in [0.29, 0.717) is 16.1 Å². The minimum atomic E-state index is -0.477. The zero-order valence-electron chi connectivity index (χ0n) is 13.2. The lowest BCUT2D eigenvalue weighted by atomic mass is 10.2. The molecule has 0 fully saturated rings. The normalized spacial score (nSPS) is 10.5. The van der Waals surface area contributed by atoms with Gasteiger partial charge in [0.25, 0.3) is 5.91 Å². The number of hydrogen-bond acceptors (Lipinski definition) is 4. The minimum Gasteiger partial charge on any atom is -0.497 e. The molecule has 128 valence electrons. The van der Waals surface area contributed by atoms with Crippen LogP contribution in [0.4, 0.5) is 4.39 Å². The molecule has 6 nitrogen and oxygen atoms in total. The Labute approximate surface area is 151 Å². The number of ether oxygens (including phenoxy) is 1. The highest BCUT2D eigenvalue weighted by molar-refractivity contribution is 9.10. The molecule has 0 aliphatic rings. The van der Waals surface area contributed by atoms with E-state index in [-0.39, 0.29) is 12.1 Å². The van der Waals surface area contributed by atoms with Crippen LogP contribution in [0.25, 0.3) is 11.4 Å². The Hall–Kier alpha value is -2.74. The summed E-state index contributed by atoms with van der Waals surface area (Å²) < 4.78 is 18.9. The van der Waals surface area contributed by atoms with Crippen molar-refractivity contribution in [2.75, 3.05) is 7.11 Å². The van der Waals surface area contributed by atoms with Gasteiger partial charge in [0, 0.05) is 10.0 Å². The number of nitrogens with zero attached hydrogens (tertiary/aromatic N) is 2. The van der Waals surface area contributed by atoms with E-state index in [0.717, 1.165) is 11.3 Å². The van der Waals surface area contributed by atoms with Crippen LogP contribution in [0.15, 0.2) is 46.9 Å². The van der Waals surface area contributed by atoms with Gasteiger partial charge in [0.05, 0.1) is 19.2 Å². The number of aromatic amines is 1. The quantitative estimate of drug-likeness (QED) is 0.683. The van der Waals surface area contributed by atoms with E-state index in [1.807, 2.05) is 24.3 Å². The molecule has 0 unspecified atom stereocenters. The van der Waals surface area contributed by atoms with E-state index in [1.54, 1.807) is 7.11 Å². The predicted molar refractivity (Wildman–Crippen MR) is 93.6 cm³/mol. The number of rotatable bonds is 5. The molecule has 0 bridgehead atoms. The van der Waals surface area contributed by atoms with Crippen LogP contribution in [0.1, 0.15) is 16.2 Å². The van der Waals surface area contributed by atoms with Crippen LogP contribution in [0.2, 0.25) is 0 Å². The molecule has 2 N–H and O–H groups in total. The van der Waals surface area contributed by atoms with Gasteiger partial charge in [0.2, 0.25) is 0 Å². The first-order valence-electron chi connectivity index (χ1n) is 7.36. The van der Waals surface area contributed by atoms with Gasteiger partial charge in [-0.1, -0.05) is 0 Å². The lowest BCUT2D eigenvalue weighted by molar-refractivity contribution is 0.0948. The van der Waals surface area contributed by atoms with Crippen LogP contribution >= 0.6 is 15.9 Å². The van der Waals surface area contributed by atoms with E-state index in [4.69, 9.17) is 4.74 Å². The molecule has 0 saturated heterocycles. The van der Waals surface area contributed by atoms with Crippen LogP contribution in [0.5, 0.6) is 5.75 Å². The summed E-state index contributed by atoms with van der Waals surface area (Å²) in [4.78, 5) is 16.5. The highest BCUT2D eigenvalue weighted by Crippen LogP contribution is 2.19. The van der Waals surface area contributed by atoms with Crippen molar-refractivity contribution < 1.29 is 13.9 Å². The minimum absolute atomic E-state index is 0.144. The van der Waals surface area contributed by atoms with Crippen molar-refractivity contribution in [3.63, 3.8) is 0 Å². The first-order chi connectivity index (χ1) is 12.1. The molecule has 8 heteroatoms. The molecule has 0 aliphatic carbocycles. The summed E-state index contributed by atoms with van der Waals surface area (Å²) >= 11 is 3.23. The third-order valence-electron chi connectivity index (χ3n) is 3.47. The van der Waals surface area contributed by atoms with Crippen LogP contribution in [-0.4, -0.2) is 28.2 Å². The largest absolute Gasteiger partial charge is 0.497 e. The van der Waals surface area contributed by atoms with E-state index in [9.17, 15) is 9.18 Å². The van der Waals surface area contributed by atoms with Gasteiger partial charge in [-0.3, -0.25) is 9.89 Å².